The summed E-state index contributed by atoms with van der Waals surface area (Å²) in [6.07, 6.45) is 4.97. The van der Waals surface area contributed by atoms with Crippen LogP contribution in [0.15, 0.2) is 97.7 Å². The van der Waals surface area contributed by atoms with Crippen LogP contribution >= 0.6 is 0 Å². The highest BCUT2D eigenvalue weighted by Crippen LogP contribution is 2.26. The number of para-hydroxylation sites is 1. The third-order valence-electron chi connectivity index (χ3n) is 5.63. The van der Waals surface area contributed by atoms with Crippen LogP contribution in [0.2, 0.25) is 0 Å². The summed E-state index contributed by atoms with van der Waals surface area (Å²) in [5.41, 5.74) is 4.94. The molecule has 5 rings (SSSR count). The zero-order valence-corrected chi connectivity index (χ0v) is 19.2. The molecule has 8 nitrogen and oxygen atoms in total. The van der Waals surface area contributed by atoms with Crippen LogP contribution in [0.3, 0.4) is 0 Å². The third kappa shape index (κ3) is 5.11. The van der Waals surface area contributed by atoms with Crippen molar-refractivity contribution < 1.29 is 9.53 Å². The van der Waals surface area contributed by atoms with Gasteiger partial charge in [0.05, 0.1) is 24.9 Å². The van der Waals surface area contributed by atoms with Gasteiger partial charge in [-0.1, -0.05) is 42.5 Å². The zero-order chi connectivity index (χ0) is 24.0. The van der Waals surface area contributed by atoms with Gasteiger partial charge < -0.3 is 10.1 Å². The van der Waals surface area contributed by atoms with Crippen LogP contribution in [-0.4, -0.2) is 37.6 Å². The maximum atomic E-state index is 13.3. The molecular weight excluding hydrogens is 440 g/mol. The van der Waals surface area contributed by atoms with E-state index in [1.54, 1.807) is 29.0 Å². The smallest absolute Gasteiger partial charge is 0.255 e. The minimum Gasteiger partial charge on any atom is -0.497 e. The summed E-state index contributed by atoms with van der Waals surface area (Å²) in [7, 11) is 1.62. The fraction of sp³-hybridized carbons (Fsp3) is 0.111. The summed E-state index contributed by atoms with van der Waals surface area (Å²) in [6.45, 7) is 1.05. The van der Waals surface area contributed by atoms with Gasteiger partial charge in [0.2, 0.25) is 0 Å². The molecule has 2 heterocycles. The van der Waals surface area contributed by atoms with Gasteiger partial charge in [-0.25, -0.2) is 14.3 Å². The van der Waals surface area contributed by atoms with Crippen LogP contribution < -0.4 is 10.1 Å². The summed E-state index contributed by atoms with van der Waals surface area (Å²) in [5.74, 6) is 0.555. The predicted molar refractivity (Wildman–Crippen MR) is 132 cm³/mol. The lowest BCUT2D eigenvalue weighted by Crippen LogP contribution is -2.23. The average molecular weight is 465 g/mol. The van der Waals surface area contributed by atoms with E-state index in [0.29, 0.717) is 24.3 Å². The second-order valence-corrected chi connectivity index (χ2v) is 7.99. The van der Waals surface area contributed by atoms with Crippen molar-refractivity contribution in [3.63, 3.8) is 0 Å². The lowest BCUT2D eigenvalue weighted by molar-refractivity contribution is 0.0951. The van der Waals surface area contributed by atoms with Gasteiger partial charge in [-0.3, -0.25) is 4.79 Å². The highest BCUT2D eigenvalue weighted by atomic mass is 16.5. The Bertz CT molecular complexity index is 1390. The molecule has 0 saturated carbocycles. The first kappa shape index (κ1) is 22.1. The van der Waals surface area contributed by atoms with E-state index >= 15 is 0 Å². The Kier molecular flexibility index (Phi) is 6.34. The summed E-state index contributed by atoms with van der Waals surface area (Å²) in [6, 6.07) is 25.3. The van der Waals surface area contributed by atoms with E-state index in [0.717, 1.165) is 28.1 Å². The SMILES string of the molecule is COc1ccc(-c2nn(-c3ccccc3)cc2C(=O)NCc2ccc(Cn3cncn3)cc2)cc1. The van der Waals surface area contributed by atoms with Crippen molar-refractivity contribution in [2.24, 2.45) is 0 Å². The van der Waals surface area contributed by atoms with E-state index in [1.807, 2.05) is 78.9 Å². The number of hydrogen-bond donors (Lipinski definition) is 1. The van der Waals surface area contributed by atoms with Crippen LogP contribution in [0.4, 0.5) is 0 Å². The van der Waals surface area contributed by atoms with Gasteiger partial charge in [0, 0.05) is 18.3 Å². The lowest BCUT2D eigenvalue weighted by Gasteiger charge is -2.07. The van der Waals surface area contributed by atoms with Crippen LogP contribution in [0, 0.1) is 0 Å². The molecular formula is C27H24N6O2. The predicted octanol–water partition coefficient (Wildman–Crippen LogP) is 4.12. The molecule has 8 heteroatoms. The topological polar surface area (TPSA) is 86.9 Å². The average Bonchev–Trinajstić information content (AvgIpc) is 3.59. The van der Waals surface area contributed by atoms with Crippen molar-refractivity contribution in [1.82, 2.24) is 29.9 Å². The second-order valence-electron chi connectivity index (χ2n) is 7.99. The molecule has 0 fully saturated rings. The van der Waals surface area contributed by atoms with Crippen LogP contribution in [0.1, 0.15) is 21.5 Å². The summed E-state index contributed by atoms with van der Waals surface area (Å²) < 4.78 is 8.76. The van der Waals surface area contributed by atoms with Crippen molar-refractivity contribution in [1.29, 1.82) is 0 Å². The number of amides is 1. The Morgan fingerprint density at radius 1 is 0.943 bits per heavy atom. The highest BCUT2D eigenvalue weighted by Gasteiger charge is 2.19. The highest BCUT2D eigenvalue weighted by molar-refractivity contribution is 5.99. The van der Waals surface area contributed by atoms with E-state index in [4.69, 9.17) is 9.84 Å². The largest absolute Gasteiger partial charge is 0.497 e. The third-order valence-corrected chi connectivity index (χ3v) is 5.63. The van der Waals surface area contributed by atoms with E-state index in [1.165, 1.54) is 6.33 Å². The van der Waals surface area contributed by atoms with Gasteiger partial charge in [0.25, 0.3) is 5.91 Å². The molecule has 1 amide bonds. The number of hydrogen-bond acceptors (Lipinski definition) is 5. The number of rotatable bonds is 8. The van der Waals surface area contributed by atoms with Crippen molar-refractivity contribution in [3.8, 4) is 22.7 Å². The Morgan fingerprint density at radius 3 is 2.37 bits per heavy atom. The number of carbonyl (C=O) groups excluding carboxylic acids is 1. The number of methoxy groups -OCH3 is 1. The molecule has 0 radical (unpaired) electrons. The molecule has 2 aromatic heterocycles. The normalized spacial score (nSPS) is 10.8. The van der Waals surface area contributed by atoms with Gasteiger partial charge in [0.15, 0.2) is 0 Å². The molecule has 0 aliphatic heterocycles. The molecule has 5 aromatic rings. The maximum absolute atomic E-state index is 13.3. The first-order valence-electron chi connectivity index (χ1n) is 11.2. The molecule has 174 valence electrons. The second kappa shape index (κ2) is 10.0. The van der Waals surface area contributed by atoms with Crippen molar-refractivity contribution in [3.05, 3.63) is 114 Å². The fourth-order valence-electron chi connectivity index (χ4n) is 3.76. The zero-order valence-electron chi connectivity index (χ0n) is 19.2. The van der Waals surface area contributed by atoms with Gasteiger partial charge in [-0.05, 0) is 47.5 Å². The van der Waals surface area contributed by atoms with Gasteiger partial charge in [-0.2, -0.15) is 10.2 Å². The lowest BCUT2D eigenvalue weighted by atomic mass is 10.1. The van der Waals surface area contributed by atoms with Crippen molar-refractivity contribution in [2.45, 2.75) is 13.1 Å². The number of nitrogens with one attached hydrogen (secondary N) is 1. The van der Waals surface area contributed by atoms with E-state index < -0.39 is 0 Å². The first-order chi connectivity index (χ1) is 17.2. The number of aromatic nitrogens is 5. The Labute approximate surface area is 202 Å². The molecule has 0 unspecified atom stereocenters. The van der Waals surface area contributed by atoms with Gasteiger partial charge in [0.1, 0.15) is 24.1 Å². The molecule has 3 aromatic carbocycles. The number of carbonyl (C=O) groups is 1. The Hall–Kier alpha value is -4.72. The molecule has 0 spiro atoms. The number of benzene rings is 3. The molecule has 0 atom stereocenters. The maximum Gasteiger partial charge on any atom is 0.255 e. The van der Waals surface area contributed by atoms with Gasteiger partial charge >= 0.3 is 0 Å². The number of ether oxygens (including phenoxy) is 1. The van der Waals surface area contributed by atoms with Crippen molar-refractivity contribution in [2.75, 3.05) is 7.11 Å². The van der Waals surface area contributed by atoms with Crippen LogP contribution in [0.25, 0.3) is 16.9 Å². The van der Waals surface area contributed by atoms with E-state index in [9.17, 15) is 4.79 Å². The van der Waals surface area contributed by atoms with Crippen LogP contribution in [-0.2, 0) is 13.1 Å². The molecule has 0 aliphatic carbocycles. The summed E-state index contributed by atoms with van der Waals surface area (Å²) >= 11 is 0. The quantitative estimate of drug-likeness (QED) is 0.373. The van der Waals surface area contributed by atoms with E-state index in [-0.39, 0.29) is 5.91 Å². The Morgan fingerprint density at radius 2 is 1.69 bits per heavy atom. The first-order valence-corrected chi connectivity index (χ1v) is 11.2. The van der Waals surface area contributed by atoms with Crippen molar-refractivity contribution >= 4 is 5.91 Å². The summed E-state index contributed by atoms with van der Waals surface area (Å²) in [4.78, 5) is 17.2. The number of nitrogens with zero attached hydrogens (tertiary/aromatic N) is 5. The molecule has 0 bridgehead atoms. The fourth-order valence-corrected chi connectivity index (χ4v) is 3.76. The molecule has 35 heavy (non-hydrogen) atoms. The monoisotopic (exact) mass is 464 g/mol. The van der Waals surface area contributed by atoms with Gasteiger partial charge in [-0.15, -0.1) is 0 Å². The molecule has 0 saturated heterocycles. The standard InChI is InChI=1S/C27H24N6O2/c1-35-24-13-11-22(12-14-24)26-25(17-33(31-26)23-5-3-2-4-6-23)27(34)29-15-20-7-9-21(10-8-20)16-32-19-28-18-30-32/h2-14,17-19H,15-16H2,1H3,(H,29,34). The minimum absolute atomic E-state index is 0.190. The molecule has 0 aliphatic rings. The minimum atomic E-state index is -0.190. The Balaban J connectivity index is 1.35. The summed E-state index contributed by atoms with van der Waals surface area (Å²) in [5, 5.41) is 11.9. The van der Waals surface area contributed by atoms with Crippen LogP contribution in [0.5, 0.6) is 5.75 Å². The van der Waals surface area contributed by atoms with E-state index in [2.05, 4.69) is 15.4 Å². The molecule has 1 N–H and O–H groups in total.